The Bertz CT molecular complexity index is 350. The van der Waals surface area contributed by atoms with Crippen molar-refractivity contribution < 1.29 is 4.92 Å². The fraction of sp³-hybridized carbons (Fsp3) is 0.400. The van der Waals surface area contributed by atoms with Crippen molar-refractivity contribution in [2.24, 2.45) is 5.73 Å². The minimum absolute atomic E-state index is 0.130. The summed E-state index contributed by atoms with van der Waals surface area (Å²) < 4.78 is 0. The van der Waals surface area contributed by atoms with Crippen molar-refractivity contribution in [2.45, 2.75) is 19.8 Å². The number of hydrogen-bond donors (Lipinski definition) is 1. The first kappa shape index (κ1) is 10.7. The lowest BCUT2D eigenvalue weighted by Gasteiger charge is -2.11. The molecule has 0 fully saturated rings. The smallest absolute Gasteiger partial charge is 0.269 e. The lowest BCUT2D eigenvalue weighted by molar-refractivity contribution is -0.384. The van der Waals surface area contributed by atoms with Crippen LogP contribution in [0.5, 0.6) is 0 Å². The van der Waals surface area contributed by atoms with Gasteiger partial charge in [-0.1, -0.05) is 13.0 Å². The Kier molecular flexibility index (Phi) is 3.19. The molecule has 0 spiro atoms. The highest BCUT2D eigenvalue weighted by atomic mass is 16.6. The zero-order valence-electron chi connectivity index (χ0n) is 8.36. The third-order valence-corrected chi connectivity index (χ3v) is 2.36. The lowest BCUT2D eigenvalue weighted by atomic mass is 9.96. The topological polar surface area (TPSA) is 69.2 Å². The second-order valence-electron chi connectivity index (χ2n) is 3.43. The van der Waals surface area contributed by atoms with Crippen molar-refractivity contribution in [1.82, 2.24) is 0 Å². The van der Waals surface area contributed by atoms with Crippen molar-refractivity contribution in [3.05, 3.63) is 39.4 Å². The van der Waals surface area contributed by atoms with E-state index in [0.29, 0.717) is 6.54 Å². The van der Waals surface area contributed by atoms with Gasteiger partial charge in [0.05, 0.1) is 4.92 Å². The largest absolute Gasteiger partial charge is 0.330 e. The highest BCUT2D eigenvalue weighted by Gasteiger charge is 2.12. The Labute approximate surface area is 82.9 Å². The van der Waals surface area contributed by atoms with Gasteiger partial charge in [-0.15, -0.1) is 0 Å². The van der Waals surface area contributed by atoms with E-state index < -0.39 is 0 Å². The molecule has 0 radical (unpaired) electrons. The van der Waals surface area contributed by atoms with Crippen molar-refractivity contribution in [3.63, 3.8) is 0 Å². The molecule has 14 heavy (non-hydrogen) atoms. The summed E-state index contributed by atoms with van der Waals surface area (Å²) in [4.78, 5) is 10.2. The Hall–Kier alpha value is -1.42. The molecule has 76 valence electrons. The zero-order valence-corrected chi connectivity index (χ0v) is 8.36. The zero-order chi connectivity index (χ0) is 10.7. The first-order valence-corrected chi connectivity index (χ1v) is 4.51. The van der Waals surface area contributed by atoms with Crippen LogP contribution in [0.2, 0.25) is 0 Å². The molecule has 4 heteroatoms. The Morgan fingerprint density at radius 2 is 2.21 bits per heavy atom. The number of non-ortho nitro benzene ring substituents is 1. The van der Waals surface area contributed by atoms with Crippen LogP contribution in [0.4, 0.5) is 5.69 Å². The maximum absolute atomic E-state index is 10.5. The van der Waals surface area contributed by atoms with Gasteiger partial charge in [-0.2, -0.15) is 0 Å². The fourth-order valence-electron chi connectivity index (χ4n) is 1.40. The monoisotopic (exact) mass is 194 g/mol. The van der Waals surface area contributed by atoms with Crippen LogP contribution in [0, 0.1) is 17.0 Å². The maximum atomic E-state index is 10.5. The van der Waals surface area contributed by atoms with Crippen LogP contribution in [0.25, 0.3) is 0 Å². The summed E-state index contributed by atoms with van der Waals surface area (Å²) in [6.45, 7) is 4.40. The number of rotatable bonds is 3. The summed E-state index contributed by atoms with van der Waals surface area (Å²) >= 11 is 0. The summed E-state index contributed by atoms with van der Waals surface area (Å²) in [7, 11) is 0. The van der Waals surface area contributed by atoms with Gasteiger partial charge in [-0.3, -0.25) is 10.1 Å². The molecule has 0 aliphatic carbocycles. The number of nitro groups is 1. The molecule has 1 aromatic rings. The Balaban J connectivity index is 3.14. The van der Waals surface area contributed by atoms with E-state index in [-0.39, 0.29) is 16.5 Å². The minimum atomic E-state index is -0.383. The molecule has 0 aliphatic heterocycles. The number of nitrogens with two attached hydrogens (primary N) is 1. The van der Waals surface area contributed by atoms with E-state index in [2.05, 4.69) is 0 Å². The molecule has 2 N–H and O–H groups in total. The average Bonchev–Trinajstić information content (AvgIpc) is 2.17. The molecule has 0 saturated carbocycles. The maximum Gasteiger partial charge on any atom is 0.269 e. The molecule has 1 unspecified atom stereocenters. The average molecular weight is 194 g/mol. The molecular formula is C10H14N2O2. The van der Waals surface area contributed by atoms with E-state index in [1.165, 1.54) is 6.07 Å². The van der Waals surface area contributed by atoms with E-state index in [1.54, 1.807) is 12.1 Å². The van der Waals surface area contributed by atoms with Crippen molar-refractivity contribution in [1.29, 1.82) is 0 Å². The molecule has 0 heterocycles. The fourth-order valence-corrected chi connectivity index (χ4v) is 1.40. The molecular weight excluding hydrogens is 180 g/mol. The quantitative estimate of drug-likeness (QED) is 0.590. The molecule has 4 nitrogen and oxygen atoms in total. The predicted molar refractivity (Wildman–Crippen MR) is 55.3 cm³/mol. The van der Waals surface area contributed by atoms with E-state index in [1.807, 2.05) is 13.8 Å². The summed E-state index contributed by atoms with van der Waals surface area (Å²) in [5.41, 5.74) is 7.67. The number of nitrogens with zero attached hydrogens (tertiary/aromatic N) is 1. The molecule has 1 aromatic carbocycles. The number of nitro benzene ring substituents is 1. The molecule has 1 atom stereocenters. The summed E-state index contributed by atoms with van der Waals surface area (Å²) in [5, 5.41) is 10.5. The van der Waals surface area contributed by atoms with Gasteiger partial charge in [-0.25, -0.2) is 0 Å². The van der Waals surface area contributed by atoms with Crippen molar-refractivity contribution in [3.8, 4) is 0 Å². The predicted octanol–water partition coefficient (Wildman–Crippen LogP) is 1.97. The van der Waals surface area contributed by atoms with Gasteiger partial charge >= 0.3 is 0 Å². The highest BCUT2D eigenvalue weighted by Crippen LogP contribution is 2.23. The first-order valence-electron chi connectivity index (χ1n) is 4.51. The van der Waals surface area contributed by atoms with Gasteiger partial charge in [0, 0.05) is 12.1 Å². The third-order valence-electron chi connectivity index (χ3n) is 2.36. The summed E-state index contributed by atoms with van der Waals surface area (Å²) in [6.07, 6.45) is 0. The first-order chi connectivity index (χ1) is 6.56. The van der Waals surface area contributed by atoms with Crippen LogP contribution in [0.1, 0.15) is 24.0 Å². The third kappa shape index (κ3) is 2.09. The van der Waals surface area contributed by atoms with E-state index in [9.17, 15) is 10.1 Å². The van der Waals surface area contributed by atoms with Crippen LogP contribution in [0.3, 0.4) is 0 Å². The van der Waals surface area contributed by atoms with Crippen molar-refractivity contribution >= 4 is 5.69 Å². The normalized spacial score (nSPS) is 12.5. The molecule has 1 rings (SSSR count). The van der Waals surface area contributed by atoms with E-state index in [4.69, 9.17) is 5.73 Å². The molecule has 0 saturated heterocycles. The van der Waals surface area contributed by atoms with Crippen LogP contribution in [-0.4, -0.2) is 11.5 Å². The standard InChI is InChI=1S/C10H14N2O2/c1-7-3-4-9(12(13)14)5-10(7)8(2)6-11/h3-5,8H,6,11H2,1-2H3. The molecule has 0 bridgehead atoms. The van der Waals surface area contributed by atoms with Gasteiger partial charge in [0.25, 0.3) is 5.69 Å². The number of benzene rings is 1. The lowest BCUT2D eigenvalue weighted by Crippen LogP contribution is -2.10. The number of aryl methyl sites for hydroxylation is 1. The Morgan fingerprint density at radius 1 is 1.57 bits per heavy atom. The van der Waals surface area contributed by atoms with Crippen LogP contribution < -0.4 is 5.73 Å². The highest BCUT2D eigenvalue weighted by molar-refractivity contribution is 5.41. The summed E-state index contributed by atoms with van der Waals surface area (Å²) in [5.74, 6) is 0.162. The van der Waals surface area contributed by atoms with E-state index in [0.717, 1.165) is 11.1 Å². The van der Waals surface area contributed by atoms with E-state index >= 15 is 0 Å². The second kappa shape index (κ2) is 4.19. The molecule has 0 aromatic heterocycles. The van der Waals surface area contributed by atoms with Gasteiger partial charge < -0.3 is 5.73 Å². The van der Waals surface area contributed by atoms with Crippen LogP contribution >= 0.6 is 0 Å². The Morgan fingerprint density at radius 3 is 2.71 bits per heavy atom. The SMILES string of the molecule is Cc1ccc([N+](=O)[O-])cc1C(C)CN. The van der Waals surface area contributed by atoms with Crippen LogP contribution in [-0.2, 0) is 0 Å². The second-order valence-corrected chi connectivity index (χ2v) is 3.43. The summed E-state index contributed by atoms with van der Waals surface area (Å²) in [6, 6.07) is 4.88. The molecule has 0 aliphatic rings. The molecule has 0 amide bonds. The van der Waals surface area contributed by atoms with Crippen molar-refractivity contribution in [2.75, 3.05) is 6.54 Å². The van der Waals surface area contributed by atoms with Crippen LogP contribution in [0.15, 0.2) is 18.2 Å². The van der Waals surface area contributed by atoms with Gasteiger partial charge in [0.2, 0.25) is 0 Å². The van der Waals surface area contributed by atoms with Gasteiger partial charge in [0.15, 0.2) is 0 Å². The number of hydrogen-bond acceptors (Lipinski definition) is 3. The van der Waals surface area contributed by atoms with Gasteiger partial charge in [0.1, 0.15) is 0 Å². The minimum Gasteiger partial charge on any atom is -0.330 e. The van der Waals surface area contributed by atoms with Gasteiger partial charge in [-0.05, 0) is 30.5 Å².